The first-order valence-corrected chi connectivity index (χ1v) is 14.6. The standard InChI is InChI=1S/C33H44FN3O3/c1-20(2)37-29-16-22(4)21(3)15-27(29)33(31(37)39)11-13-35(14-12-33)30(38)26-19-36(32(5,6)7)18-25(26)24-10-9-23(40-8)17-28(24)34/h9-10,15-17,20,25-26H,11-14,18-19H2,1-8H3/t25-,26+/m0/s1. The number of halogens is 1. The van der Waals surface area contributed by atoms with Crippen LogP contribution in [0.15, 0.2) is 30.3 Å². The summed E-state index contributed by atoms with van der Waals surface area (Å²) < 4.78 is 20.5. The van der Waals surface area contributed by atoms with Crippen molar-refractivity contribution in [1.29, 1.82) is 0 Å². The zero-order chi connectivity index (χ0) is 29.1. The second-order valence-corrected chi connectivity index (χ2v) is 13.3. The van der Waals surface area contributed by atoms with Gasteiger partial charge >= 0.3 is 0 Å². The fourth-order valence-electron chi connectivity index (χ4n) is 7.03. The third kappa shape index (κ3) is 4.60. The summed E-state index contributed by atoms with van der Waals surface area (Å²) in [4.78, 5) is 34.3. The molecule has 1 spiro atoms. The van der Waals surface area contributed by atoms with Crippen LogP contribution in [0.2, 0.25) is 0 Å². The lowest BCUT2D eigenvalue weighted by atomic mass is 9.72. The van der Waals surface area contributed by atoms with Crippen LogP contribution in [0, 0.1) is 25.6 Å². The van der Waals surface area contributed by atoms with E-state index in [9.17, 15) is 9.59 Å². The summed E-state index contributed by atoms with van der Waals surface area (Å²) in [5, 5.41) is 0. The predicted molar refractivity (Wildman–Crippen MR) is 157 cm³/mol. The molecule has 2 aromatic carbocycles. The van der Waals surface area contributed by atoms with E-state index in [1.165, 1.54) is 24.3 Å². The van der Waals surface area contributed by atoms with Gasteiger partial charge in [0.1, 0.15) is 11.6 Å². The molecule has 7 heteroatoms. The highest BCUT2D eigenvalue weighted by molar-refractivity contribution is 6.09. The zero-order valence-electron chi connectivity index (χ0n) is 25.3. The van der Waals surface area contributed by atoms with E-state index in [0.29, 0.717) is 50.3 Å². The molecule has 0 aliphatic carbocycles. The summed E-state index contributed by atoms with van der Waals surface area (Å²) >= 11 is 0. The Bertz CT molecular complexity index is 1320. The molecule has 2 atom stereocenters. The van der Waals surface area contributed by atoms with E-state index in [0.717, 1.165) is 11.3 Å². The van der Waals surface area contributed by atoms with E-state index in [1.54, 1.807) is 12.1 Å². The third-order valence-electron chi connectivity index (χ3n) is 9.65. The number of likely N-dealkylation sites (tertiary alicyclic amines) is 2. The number of piperidine rings is 1. The SMILES string of the molecule is COc1ccc([C@@H]2CN(C(C)(C)C)C[C@H]2C(=O)N2CCC3(CC2)C(=O)N(C(C)C)c2cc(C)c(C)cc23)c(F)c1. The fourth-order valence-corrected chi connectivity index (χ4v) is 7.03. The summed E-state index contributed by atoms with van der Waals surface area (Å²) in [6, 6.07) is 9.38. The number of anilines is 1. The largest absolute Gasteiger partial charge is 0.497 e. The number of carbonyl (C=O) groups is 2. The van der Waals surface area contributed by atoms with Crippen molar-refractivity contribution in [2.45, 2.75) is 84.2 Å². The van der Waals surface area contributed by atoms with Crippen molar-refractivity contribution < 1.29 is 18.7 Å². The molecule has 0 N–H and O–H groups in total. The fraction of sp³-hybridized carbons (Fsp3) is 0.576. The average Bonchev–Trinajstić information content (AvgIpc) is 3.43. The van der Waals surface area contributed by atoms with Crippen LogP contribution in [0.5, 0.6) is 5.75 Å². The summed E-state index contributed by atoms with van der Waals surface area (Å²) in [6.07, 6.45) is 1.21. The number of carbonyl (C=O) groups excluding carboxylic acids is 2. The van der Waals surface area contributed by atoms with E-state index in [-0.39, 0.29) is 41.0 Å². The van der Waals surface area contributed by atoms with Gasteiger partial charge in [-0.2, -0.15) is 0 Å². The number of hydrogen-bond acceptors (Lipinski definition) is 4. The van der Waals surface area contributed by atoms with Gasteiger partial charge in [0.25, 0.3) is 0 Å². The van der Waals surface area contributed by atoms with Gasteiger partial charge in [0.15, 0.2) is 0 Å². The van der Waals surface area contributed by atoms with Gasteiger partial charge in [-0.15, -0.1) is 0 Å². The van der Waals surface area contributed by atoms with Gasteiger partial charge in [0.05, 0.1) is 18.4 Å². The monoisotopic (exact) mass is 549 g/mol. The molecule has 5 rings (SSSR count). The smallest absolute Gasteiger partial charge is 0.238 e. The lowest BCUT2D eigenvalue weighted by molar-refractivity contribution is -0.139. The van der Waals surface area contributed by atoms with Crippen LogP contribution in [0.25, 0.3) is 0 Å². The van der Waals surface area contributed by atoms with Crippen molar-refractivity contribution in [3.8, 4) is 5.75 Å². The number of nitrogens with zero attached hydrogens (tertiary/aromatic N) is 3. The molecule has 0 saturated carbocycles. The minimum Gasteiger partial charge on any atom is -0.497 e. The number of fused-ring (bicyclic) bond motifs is 2. The Morgan fingerprint density at radius 3 is 2.27 bits per heavy atom. The van der Waals surface area contributed by atoms with Crippen molar-refractivity contribution in [2.24, 2.45) is 5.92 Å². The molecule has 3 aliphatic heterocycles. The Morgan fingerprint density at radius 1 is 1.05 bits per heavy atom. The molecule has 0 aromatic heterocycles. The maximum Gasteiger partial charge on any atom is 0.238 e. The highest BCUT2D eigenvalue weighted by Gasteiger charge is 2.54. The molecule has 2 aromatic rings. The van der Waals surface area contributed by atoms with Crippen LogP contribution < -0.4 is 9.64 Å². The zero-order valence-corrected chi connectivity index (χ0v) is 25.3. The van der Waals surface area contributed by atoms with Crippen LogP contribution in [-0.4, -0.2) is 66.5 Å². The quantitative estimate of drug-likeness (QED) is 0.500. The van der Waals surface area contributed by atoms with Crippen LogP contribution in [-0.2, 0) is 15.0 Å². The topological polar surface area (TPSA) is 53.1 Å². The second kappa shape index (κ2) is 10.2. The lowest BCUT2D eigenvalue weighted by Crippen LogP contribution is -2.52. The van der Waals surface area contributed by atoms with Crippen molar-refractivity contribution in [2.75, 3.05) is 38.2 Å². The first kappa shape index (κ1) is 28.6. The maximum atomic E-state index is 15.3. The van der Waals surface area contributed by atoms with Crippen molar-refractivity contribution in [3.63, 3.8) is 0 Å². The number of hydrogen-bond donors (Lipinski definition) is 0. The maximum absolute atomic E-state index is 15.3. The van der Waals surface area contributed by atoms with Crippen molar-refractivity contribution in [3.05, 3.63) is 58.4 Å². The molecule has 2 fully saturated rings. The minimum absolute atomic E-state index is 0.0632. The Labute approximate surface area is 238 Å². The van der Waals surface area contributed by atoms with E-state index in [1.807, 2.05) is 9.80 Å². The number of aryl methyl sites for hydroxylation is 2. The molecule has 40 heavy (non-hydrogen) atoms. The molecule has 216 valence electrons. The van der Waals surface area contributed by atoms with E-state index >= 15 is 4.39 Å². The molecule has 0 bridgehead atoms. The van der Waals surface area contributed by atoms with Crippen molar-refractivity contribution in [1.82, 2.24) is 9.80 Å². The van der Waals surface area contributed by atoms with Crippen LogP contribution >= 0.6 is 0 Å². The molecule has 6 nitrogen and oxygen atoms in total. The Balaban J connectivity index is 1.42. The van der Waals surface area contributed by atoms with Gasteiger partial charge < -0.3 is 14.5 Å². The van der Waals surface area contributed by atoms with Crippen LogP contribution in [0.1, 0.15) is 75.6 Å². The van der Waals surface area contributed by atoms with E-state index < -0.39 is 5.41 Å². The molecular formula is C33H44FN3O3. The van der Waals surface area contributed by atoms with Gasteiger partial charge in [-0.05, 0) is 95.7 Å². The van der Waals surface area contributed by atoms with Gasteiger partial charge in [-0.25, -0.2) is 4.39 Å². The first-order valence-electron chi connectivity index (χ1n) is 14.6. The molecule has 2 amide bonds. The average molecular weight is 550 g/mol. The summed E-state index contributed by atoms with van der Waals surface area (Å²) in [5.74, 6) is -0.230. The predicted octanol–water partition coefficient (Wildman–Crippen LogP) is 5.58. The van der Waals surface area contributed by atoms with Crippen LogP contribution in [0.4, 0.5) is 10.1 Å². The number of benzene rings is 2. The Kier molecular flexibility index (Phi) is 7.26. The number of ether oxygens (including phenoxy) is 1. The normalized spacial score (nSPS) is 22.9. The van der Waals surface area contributed by atoms with Gasteiger partial charge in [0, 0.05) is 55.4 Å². The summed E-state index contributed by atoms with van der Waals surface area (Å²) in [5.41, 5.74) is 4.34. The highest BCUT2D eigenvalue weighted by atomic mass is 19.1. The molecule has 0 radical (unpaired) electrons. The van der Waals surface area contributed by atoms with Gasteiger partial charge in [0.2, 0.25) is 11.8 Å². The lowest BCUT2D eigenvalue weighted by Gasteiger charge is -2.40. The summed E-state index contributed by atoms with van der Waals surface area (Å²) in [6.45, 7) is 17.0. The number of methoxy groups -OCH3 is 1. The highest BCUT2D eigenvalue weighted by Crippen LogP contribution is 2.50. The molecule has 3 aliphatic rings. The molecule has 3 heterocycles. The molecular weight excluding hydrogens is 505 g/mol. The Hall–Kier alpha value is -2.93. The van der Waals surface area contributed by atoms with E-state index in [4.69, 9.17) is 4.74 Å². The number of rotatable bonds is 4. The van der Waals surface area contributed by atoms with Crippen molar-refractivity contribution >= 4 is 17.5 Å². The number of amides is 2. The molecule has 0 unspecified atom stereocenters. The van der Waals surface area contributed by atoms with Crippen LogP contribution in [0.3, 0.4) is 0 Å². The minimum atomic E-state index is -0.594. The first-order chi connectivity index (χ1) is 18.8. The van der Waals surface area contributed by atoms with E-state index in [2.05, 4.69) is 65.5 Å². The second-order valence-electron chi connectivity index (χ2n) is 13.3. The third-order valence-corrected chi connectivity index (χ3v) is 9.65. The molecule has 2 saturated heterocycles. The Morgan fingerprint density at radius 2 is 1.70 bits per heavy atom. The summed E-state index contributed by atoms with van der Waals surface area (Å²) in [7, 11) is 1.52. The van der Waals surface area contributed by atoms with Gasteiger partial charge in [-0.1, -0.05) is 12.1 Å². The van der Waals surface area contributed by atoms with Gasteiger partial charge in [-0.3, -0.25) is 14.5 Å².